The first-order valence-electron chi connectivity index (χ1n) is 10.1. The second kappa shape index (κ2) is 9.66. The Kier molecular flexibility index (Phi) is 6.50. The number of hydrogen-bond acceptors (Lipinski definition) is 7. The summed E-state index contributed by atoms with van der Waals surface area (Å²) in [6.45, 7) is 0. The molecule has 0 radical (unpaired) electrons. The molecule has 1 aromatic heterocycles. The van der Waals surface area contributed by atoms with Crippen LogP contribution in [0.25, 0.3) is 11.4 Å². The average Bonchev–Trinajstić information content (AvgIpc) is 3.27. The zero-order chi connectivity index (χ0) is 23.3. The van der Waals surface area contributed by atoms with Crippen LogP contribution in [-0.4, -0.2) is 31.6 Å². The number of amides is 1. The molecule has 8 nitrogen and oxygen atoms in total. The number of carbonyl (C=O) groups excluding carboxylic acids is 1. The molecule has 0 saturated heterocycles. The molecule has 0 unspecified atom stereocenters. The summed E-state index contributed by atoms with van der Waals surface area (Å²) < 4.78 is 36.0. The van der Waals surface area contributed by atoms with Crippen LogP contribution >= 0.6 is 0 Å². The van der Waals surface area contributed by atoms with Crippen molar-refractivity contribution >= 4 is 21.4 Å². The highest BCUT2D eigenvalue weighted by atomic mass is 32.2. The van der Waals surface area contributed by atoms with E-state index in [9.17, 15) is 13.2 Å². The Bertz CT molecular complexity index is 1370. The fourth-order valence-electron chi connectivity index (χ4n) is 3.27. The summed E-state index contributed by atoms with van der Waals surface area (Å²) in [5, 5.41) is 6.66. The second-order valence-electron chi connectivity index (χ2n) is 7.26. The van der Waals surface area contributed by atoms with Crippen LogP contribution in [0.1, 0.15) is 21.8 Å². The van der Waals surface area contributed by atoms with Gasteiger partial charge < -0.3 is 14.6 Å². The first kappa shape index (κ1) is 22.2. The molecular weight excluding hydrogens is 442 g/mol. The molecule has 0 saturated carbocycles. The van der Waals surface area contributed by atoms with Gasteiger partial charge in [-0.1, -0.05) is 47.6 Å². The van der Waals surface area contributed by atoms with E-state index in [0.29, 0.717) is 28.1 Å². The number of anilines is 1. The number of nitrogens with one attached hydrogen (secondary N) is 1. The summed E-state index contributed by atoms with van der Waals surface area (Å²) in [5.41, 5.74) is 2.11. The summed E-state index contributed by atoms with van der Waals surface area (Å²) in [4.78, 5) is 16.7. The number of carbonyl (C=O) groups is 1. The molecule has 0 aliphatic carbocycles. The number of para-hydroxylation sites is 2. The Morgan fingerprint density at radius 2 is 1.73 bits per heavy atom. The molecule has 3 aromatic carbocycles. The highest BCUT2D eigenvalue weighted by Crippen LogP contribution is 2.27. The van der Waals surface area contributed by atoms with Gasteiger partial charge in [0.05, 0.1) is 18.4 Å². The summed E-state index contributed by atoms with van der Waals surface area (Å²) in [6, 6.07) is 22.6. The highest BCUT2D eigenvalue weighted by molar-refractivity contribution is 7.89. The third-order valence-corrected chi connectivity index (χ3v) is 6.23. The molecule has 1 heterocycles. The SMILES string of the molecule is COc1ccccc1-c1noc(CS(=O)(=O)Cc2cccc(C(=O)Nc3ccccc3)c2)n1. The molecule has 0 atom stereocenters. The maximum Gasteiger partial charge on any atom is 0.255 e. The molecule has 0 fully saturated rings. The van der Waals surface area contributed by atoms with Crippen molar-refractivity contribution in [3.05, 3.63) is 95.9 Å². The number of benzene rings is 3. The Morgan fingerprint density at radius 3 is 2.52 bits per heavy atom. The fourth-order valence-corrected chi connectivity index (χ4v) is 4.56. The van der Waals surface area contributed by atoms with Crippen molar-refractivity contribution in [2.75, 3.05) is 12.4 Å². The fraction of sp³-hybridized carbons (Fsp3) is 0.125. The molecular formula is C24H21N3O5S. The molecule has 0 spiro atoms. The molecule has 168 valence electrons. The van der Waals surface area contributed by atoms with Crippen LogP contribution in [0.3, 0.4) is 0 Å². The minimum atomic E-state index is -3.63. The lowest BCUT2D eigenvalue weighted by atomic mass is 10.1. The lowest BCUT2D eigenvalue weighted by Crippen LogP contribution is -2.13. The zero-order valence-electron chi connectivity index (χ0n) is 17.8. The second-order valence-corrected chi connectivity index (χ2v) is 9.33. The van der Waals surface area contributed by atoms with Gasteiger partial charge >= 0.3 is 0 Å². The monoisotopic (exact) mass is 463 g/mol. The van der Waals surface area contributed by atoms with Crippen LogP contribution in [0, 0.1) is 0 Å². The van der Waals surface area contributed by atoms with Crippen molar-refractivity contribution in [1.82, 2.24) is 10.1 Å². The van der Waals surface area contributed by atoms with E-state index < -0.39 is 15.6 Å². The standard InChI is InChI=1S/C24H21N3O5S/c1-31-21-13-6-5-12-20(21)23-26-22(32-27-23)16-33(29,30)15-17-8-7-9-18(14-17)24(28)25-19-10-3-2-4-11-19/h2-14H,15-16H2,1H3,(H,25,28). The zero-order valence-corrected chi connectivity index (χ0v) is 18.6. The van der Waals surface area contributed by atoms with Gasteiger partial charge in [0.15, 0.2) is 9.84 Å². The minimum absolute atomic E-state index is 0.0196. The van der Waals surface area contributed by atoms with Crippen molar-refractivity contribution in [2.45, 2.75) is 11.5 Å². The Balaban J connectivity index is 1.46. The van der Waals surface area contributed by atoms with E-state index >= 15 is 0 Å². The Morgan fingerprint density at radius 1 is 0.970 bits per heavy atom. The summed E-state index contributed by atoms with van der Waals surface area (Å²) in [7, 11) is -2.11. The summed E-state index contributed by atoms with van der Waals surface area (Å²) >= 11 is 0. The van der Waals surface area contributed by atoms with E-state index in [1.165, 1.54) is 7.11 Å². The van der Waals surface area contributed by atoms with Crippen LogP contribution in [0.5, 0.6) is 5.75 Å². The van der Waals surface area contributed by atoms with Crippen molar-refractivity contribution in [3.8, 4) is 17.1 Å². The van der Waals surface area contributed by atoms with E-state index in [0.717, 1.165) is 0 Å². The first-order valence-corrected chi connectivity index (χ1v) is 11.9. The topological polar surface area (TPSA) is 111 Å². The summed E-state index contributed by atoms with van der Waals surface area (Å²) in [5.74, 6) is -0.232. The minimum Gasteiger partial charge on any atom is -0.496 e. The van der Waals surface area contributed by atoms with Gasteiger partial charge in [-0.05, 0) is 42.0 Å². The van der Waals surface area contributed by atoms with Gasteiger partial charge in [0, 0.05) is 11.3 Å². The van der Waals surface area contributed by atoms with Crippen molar-refractivity contribution in [3.63, 3.8) is 0 Å². The molecule has 1 N–H and O–H groups in total. The summed E-state index contributed by atoms with van der Waals surface area (Å²) in [6.07, 6.45) is 0. The predicted molar refractivity (Wildman–Crippen MR) is 123 cm³/mol. The van der Waals surface area contributed by atoms with Crippen LogP contribution in [0.15, 0.2) is 83.4 Å². The number of rotatable bonds is 8. The normalized spacial score (nSPS) is 11.2. The highest BCUT2D eigenvalue weighted by Gasteiger charge is 2.20. The largest absolute Gasteiger partial charge is 0.496 e. The Labute approximate surface area is 191 Å². The number of sulfone groups is 1. The lowest BCUT2D eigenvalue weighted by molar-refractivity contribution is 0.102. The third-order valence-electron chi connectivity index (χ3n) is 4.77. The first-order chi connectivity index (χ1) is 15.9. The number of hydrogen-bond donors (Lipinski definition) is 1. The quantitative estimate of drug-likeness (QED) is 0.418. The van der Waals surface area contributed by atoms with Crippen molar-refractivity contribution in [2.24, 2.45) is 0 Å². The van der Waals surface area contributed by atoms with Gasteiger partial charge in [-0.25, -0.2) is 8.42 Å². The molecule has 4 rings (SSSR count). The number of nitrogens with zero attached hydrogens (tertiary/aromatic N) is 2. The van der Waals surface area contributed by atoms with E-state index in [1.54, 1.807) is 54.6 Å². The maximum atomic E-state index is 12.8. The smallest absolute Gasteiger partial charge is 0.255 e. The molecule has 0 bridgehead atoms. The molecule has 4 aromatic rings. The molecule has 0 aliphatic rings. The molecule has 0 aliphatic heterocycles. The van der Waals surface area contributed by atoms with Crippen molar-refractivity contribution < 1.29 is 22.5 Å². The van der Waals surface area contributed by atoms with Crippen molar-refractivity contribution in [1.29, 1.82) is 0 Å². The average molecular weight is 464 g/mol. The maximum absolute atomic E-state index is 12.8. The molecule has 1 amide bonds. The van der Waals surface area contributed by atoms with E-state index in [2.05, 4.69) is 15.5 Å². The van der Waals surface area contributed by atoms with E-state index in [4.69, 9.17) is 9.26 Å². The van der Waals surface area contributed by atoms with Gasteiger partial charge in [-0.2, -0.15) is 4.98 Å². The van der Waals surface area contributed by atoms with Crippen LogP contribution in [0.4, 0.5) is 5.69 Å². The molecule has 9 heteroatoms. The number of methoxy groups -OCH3 is 1. The van der Waals surface area contributed by atoms with Gasteiger partial charge in [-0.3, -0.25) is 4.79 Å². The predicted octanol–water partition coefficient (Wildman–Crippen LogP) is 4.11. The number of ether oxygens (including phenoxy) is 1. The van der Waals surface area contributed by atoms with E-state index in [1.807, 2.05) is 24.3 Å². The lowest BCUT2D eigenvalue weighted by Gasteiger charge is -2.07. The van der Waals surface area contributed by atoms with Crippen LogP contribution in [0.2, 0.25) is 0 Å². The third kappa shape index (κ3) is 5.64. The molecule has 33 heavy (non-hydrogen) atoms. The Hall–Kier alpha value is -3.98. The van der Waals surface area contributed by atoms with Crippen LogP contribution < -0.4 is 10.1 Å². The van der Waals surface area contributed by atoms with E-state index in [-0.39, 0.29) is 23.4 Å². The van der Waals surface area contributed by atoms with Gasteiger partial charge in [0.1, 0.15) is 11.5 Å². The number of aromatic nitrogens is 2. The van der Waals surface area contributed by atoms with Gasteiger partial charge in [0.2, 0.25) is 11.7 Å². The van der Waals surface area contributed by atoms with Gasteiger partial charge in [-0.15, -0.1) is 0 Å². The van der Waals surface area contributed by atoms with Gasteiger partial charge in [0.25, 0.3) is 5.91 Å². The van der Waals surface area contributed by atoms with Crippen LogP contribution in [-0.2, 0) is 21.3 Å².